The molecule has 5 N–H and O–H groups in total. The Kier molecular flexibility index (Phi) is 4.40. The first-order valence-corrected chi connectivity index (χ1v) is 6.15. The summed E-state index contributed by atoms with van der Waals surface area (Å²) in [4.78, 5) is 10.2. The van der Waals surface area contributed by atoms with Crippen LogP contribution in [-0.2, 0) is 4.74 Å². The van der Waals surface area contributed by atoms with E-state index in [1.54, 1.807) is 0 Å². The predicted octanol–water partition coefficient (Wildman–Crippen LogP) is -1.18. The van der Waals surface area contributed by atoms with E-state index in [0.29, 0.717) is 0 Å². The third-order valence-electron chi connectivity index (χ3n) is 3.43. The monoisotopic (exact) mass is 301 g/mol. The summed E-state index contributed by atoms with van der Waals surface area (Å²) in [7, 11) is 0. The summed E-state index contributed by atoms with van der Waals surface area (Å²) in [5.41, 5.74) is -0.821. The second kappa shape index (κ2) is 5.92. The van der Waals surface area contributed by atoms with Crippen molar-refractivity contribution in [3.8, 4) is 5.75 Å². The first-order chi connectivity index (χ1) is 9.88. The summed E-state index contributed by atoms with van der Waals surface area (Å²) in [6.07, 6.45) is -7.41. The molecule has 2 rings (SSSR count). The van der Waals surface area contributed by atoms with Crippen LogP contribution >= 0.6 is 0 Å². The normalized spacial score (nSPS) is 32.9. The van der Waals surface area contributed by atoms with Crippen molar-refractivity contribution in [2.75, 3.05) is 6.61 Å². The average molecular weight is 301 g/mol. The Morgan fingerprint density at radius 2 is 1.86 bits per heavy atom. The van der Waals surface area contributed by atoms with Crippen molar-refractivity contribution >= 4 is 5.69 Å². The number of hydrogen-bond donors (Lipinski definition) is 5. The topological polar surface area (TPSA) is 154 Å². The molecule has 116 valence electrons. The van der Waals surface area contributed by atoms with Crippen molar-refractivity contribution in [3.05, 3.63) is 33.9 Å². The van der Waals surface area contributed by atoms with Crippen LogP contribution in [-0.4, -0.2) is 61.5 Å². The van der Waals surface area contributed by atoms with Gasteiger partial charge in [-0.2, -0.15) is 0 Å². The Morgan fingerprint density at radius 3 is 2.43 bits per heavy atom. The molecule has 0 amide bonds. The summed E-state index contributed by atoms with van der Waals surface area (Å²) in [5, 5.41) is 59.1. The van der Waals surface area contributed by atoms with E-state index in [9.17, 15) is 30.5 Å². The number of hydrogen-bond acceptors (Lipinski definition) is 8. The van der Waals surface area contributed by atoms with Gasteiger partial charge in [-0.3, -0.25) is 10.1 Å². The lowest BCUT2D eigenvalue weighted by molar-refractivity contribution is -0.388. The Hall–Kier alpha value is -1.78. The lowest BCUT2D eigenvalue weighted by atomic mass is 9.90. The minimum Gasteiger partial charge on any atom is -0.502 e. The van der Waals surface area contributed by atoms with Crippen LogP contribution in [0.15, 0.2) is 18.2 Å². The minimum atomic E-state index is -1.65. The molecule has 0 aromatic heterocycles. The first kappa shape index (κ1) is 15.6. The van der Waals surface area contributed by atoms with Gasteiger partial charge in [0, 0.05) is 0 Å². The molecule has 1 aliphatic rings. The number of para-hydroxylation sites is 1. The molecule has 0 spiro atoms. The number of aromatic hydroxyl groups is 1. The fraction of sp³-hybridized carbons (Fsp3) is 0.500. The van der Waals surface area contributed by atoms with Crippen LogP contribution in [0.4, 0.5) is 5.69 Å². The maximum atomic E-state index is 11.0. The van der Waals surface area contributed by atoms with E-state index in [1.165, 1.54) is 12.1 Å². The van der Waals surface area contributed by atoms with Crippen molar-refractivity contribution < 1.29 is 35.2 Å². The van der Waals surface area contributed by atoms with E-state index >= 15 is 0 Å². The van der Waals surface area contributed by atoms with Crippen molar-refractivity contribution in [2.24, 2.45) is 0 Å². The number of nitro benzene ring substituents is 1. The smallest absolute Gasteiger partial charge is 0.316 e. The van der Waals surface area contributed by atoms with E-state index in [0.717, 1.165) is 6.07 Å². The molecule has 21 heavy (non-hydrogen) atoms. The van der Waals surface area contributed by atoms with Crippen LogP contribution in [0.25, 0.3) is 0 Å². The van der Waals surface area contributed by atoms with Crippen LogP contribution in [0, 0.1) is 10.1 Å². The molecule has 0 saturated carbocycles. The van der Waals surface area contributed by atoms with Crippen molar-refractivity contribution in [3.63, 3.8) is 0 Å². The second-order valence-corrected chi connectivity index (χ2v) is 4.72. The molecule has 0 aliphatic carbocycles. The Morgan fingerprint density at radius 1 is 1.19 bits per heavy atom. The summed E-state index contributed by atoms with van der Waals surface area (Å²) in [6.45, 7) is -0.645. The highest BCUT2D eigenvalue weighted by atomic mass is 16.6. The Bertz CT molecular complexity index is 534. The molecule has 1 fully saturated rings. The first-order valence-electron chi connectivity index (χ1n) is 6.15. The molecule has 1 aliphatic heterocycles. The lowest BCUT2D eigenvalue weighted by Gasteiger charge is -2.40. The van der Waals surface area contributed by atoms with Crippen molar-refractivity contribution in [2.45, 2.75) is 30.5 Å². The molecule has 0 bridgehead atoms. The quantitative estimate of drug-likeness (QED) is 0.345. The molecule has 1 saturated heterocycles. The molecule has 5 atom stereocenters. The van der Waals surface area contributed by atoms with Gasteiger partial charge >= 0.3 is 5.69 Å². The van der Waals surface area contributed by atoms with Gasteiger partial charge in [-0.15, -0.1) is 0 Å². The van der Waals surface area contributed by atoms with Gasteiger partial charge in [-0.1, -0.05) is 6.07 Å². The number of aliphatic hydroxyl groups is 4. The maximum absolute atomic E-state index is 11.0. The summed E-state index contributed by atoms with van der Waals surface area (Å²) >= 11 is 0. The fourth-order valence-corrected chi connectivity index (χ4v) is 2.34. The Labute approximate surface area is 118 Å². The molecule has 1 aromatic rings. The van der Waals surface area contributed by atoms with Crippen LogP contribution in [0.3, 0.4) is 0 Å². The van der Waals surface area contributed by atoms with Gasteiger partial charge in [-0.25, -0.2) is 0 Å². The van der Waals surface area contributed by atoms with Crippen LogP contribution in [0.2, 0.25) is 0 Å². The molecule has 9 heteroatoms. The fourth-order valence-electron chi connectivity index (χ4n) is 2.34. The molecule has 0 radical (unpaired) electrons. The van der Waals surface area contributed by atoms with E-state index < -0.39 is 53.5 Å². The van der Waals surface area contributed by atoms with Gasteiger partial charge in [0.15, 0.2) is 5.75 Å². The van der Waals surface area contributed by atoms with Crippen molar-refractivity contribution in [1.29, 1.82) is 0 Å². The number of ether oxygens (including phenoxy) is 1. The van der Waals surface area contributed by atoms with Gasteiger partial charge in [0.25, 0.3) is 0 Å². The van der Waals surface area contributed by atoms with Crippen LogP contribution in [0.1, 0.15) is 11.7 Å². The molecule has 1 heterocycles. The van der Waals surface area contributed by atoms with Gasteiger partial charge in [-0.05, 0) is 12.1 Å². The number of phenols is 1. The number of nitrogens with zero attached hydrogens (tertiary/aromatic N) is 1. The van der Waals surface area contributed by atoms with E-state index in [1.807, 2.05) is 0 Å². The minimum absolute atomic E-state index is 0.156. The standard InChI is InChI=1S/C12H15NO8/c14-4-7-9(16)10(17)11(18)12(21-7)5-2-1-3-6(15)8(5)13(19)20/h1-3,7,9-12,14-18H,4H2/t7-,9+,10+,11-,12+/m1/s1. The molecule has 0 unspecified atom stereocenters. The largest absolute Gasteiger partial charge is 0.502 e. The zero-order valence-electron chi connectivity index (χ0n) is 10.7. The average Bonchev–Trinajstić information content (AvgIpc) is 2.44. The Balaban J connectivity index is 2.46. The molecular formula is C12H15NO8. The van der Waals surface area contributed by atoms with E-state index in [-0.39, 0.29) is 5.56 Å². The van der Waals surface area contributed by atoms with Gasteiger partial charge in [0.05, 0.1) is 17.1 Å². The van der Waals surface area contributed by atoms with Gasteiger partial charge in [0.1, 0.15) is 30.5 Å². The van der Waals surface area contributed by atoms with Crippen molar-refractivity contribution in [1.82, 2.24) is 0 Å². The highest BCUT2D eigenvalue weighted by Gasteiger charge is 2.46. The SMILES string of the molecule is O=[N+]([O-])c1c(O)cccc1[C@@H]1O[C@H](CO)[C@H](O)[C@H](O)[C@H]1O. The predicted molar refractivity (Wildman–Crippen MR) is 67.5 cm³/mol. The van der Waals surface area contributed by atoms with E-state index in [4.69, 9.17) is 9.84 Å². The summed E-state index contributed by atoms with van der Waals surface area (Å²) in [6, 6.07) is 3.68. The number of aliphatic hydroxyl groups excluding tert-OH is 4. The third kappa shape index (κ3) is 2.69. The molecule has 9 nitrogen and oxygen atoms in total. The maximum Gasteiger partial charge on any atom is 0.316 e. The van der Waals surface area contributed by atoms with Crippen LogP contribution < -0.4 is 0 Å². The zero-order valence-corrected chi connectivity index (χ0v) is 10.7. The number of rotatable bonds is 3. The highest BCUT2D eigenvalue weighted by molar-refractivity contribution is 5.53. The van der Waals surface area contributed by atoms with E-state index in [2.05, 4.69) is 0 Å². The highest BCUT2D eigenvalue weighted by Crippen LogP contribution is 2.40. The number of nitro groups is 1. The lowest BCUT2D eigenvalue weighted by Crippen LogP contribution is -2.55. The second-order valence-electron chi connectivity index (χ2n) is 4.72. The van der Waals surface area contributed by atoms with Gasteiger partial charge < -0.3 is 30.3 Å². The summed E-state index contributed by atoms with van der Waals surface area (Å²) in [5.74, 6) is -0.616. The number of phenolic OH excluding ortho intramolecular Hbond substituents is 1. The summed E-state index contributed by atoms with van der Waals surface area (Å²) < 4.78 is 5.24. The molecule has 1 aromatic carbocycles. The van der Waals surface area contributed by atoms with Gasteiger partial charge in [0.2, 0.25) is 0 Å². The number of benzene rings is 1. The zero-order chi connectivity index (χ0) is 15.7. The molecular weight excluding hydrogens is 286 g/mol. The van der Waals surface area contributed by atoms with Crippen LogP contribution in [0.5, 0.6) is 5.75 Å². The third-order valence-corrected chi connectivity index (χ3v) is 3.43.